The molecule has 0 spiro atoms. The molecule has 4 amide bonds. The molecule has 0 aliphatic carbocycles. The summed E-state index contributed by atoms with van der Waals surface area (Å²) < 4.78 is 7.18. The number of carbonyl (C=O) groups excluding carboxylic acids is 3. The van der Waals surface area contributed by atoms with Crippen LogP contribution in [0.25, 0.3) is 11.8 Å². The van der Waals surface area contributed by atoms with E-state index in [4.69, 9.17) is 27.9 Å². The van der Waals surface area contributed by atoms with Crippen LogP contribution in [0.15, 0.2) is 54.2 Å². The highest BCUT2D eigenvalue weighted by atomic mass is 35.5. The number of carbonyl (C=O) groups is 3. The molecular weight excluding hydrogens is 491 g/mol. The Morgan fingerprint density at radius 1 is 1.09 bits per heavy atom. The average Bonchev–Trinajstić information content (AvgIpc) is 3.25. The van der Waals surface area contributed by atoms with Crippen LogP contribution in [0, 0.1) is 13.8 Å². The second-order valence-electron chi connectivity index (χ2n) is 7.89. The van der Waals surface area contributed by atoms with Gasteiger partial charge < -0.3 is 19.9 Å². The molecule has 0 bridgehead atoms. The van der Waals surface area contributed by atoms with Crippen LogP contribution < -0.4 is 15.4 Å². The Balaban J connectivity index is 1.54. The first-order chi connectivity index (χ1) is 16.7. The Morgan fingerprint density at radius 3 is 2.54 bits per heavy atom. The van der Waals surface area contributed by atoms with Gasteiger partial charge in [-0.15, -0.1) is 0 Å². The zero-order chi connectivity index (χ0) is 25.3. The largest absolute Gasteiger partial charge is 0.495 e. The number of amides is 4. The summed E-state index contributed by atoms with van der Waals surface area (Å²) in [5.74, 6) is -0.655. The van der Waals surface area contributed by atoms with E-state index < -0.39 is 24.4 Å². The number of rotatable bonds is 6. The minimum Gasteiger partial charge on any atom is -0.495 e. The van der Waals surface area contributed by atoms with E-state index in [9.17, 15) is 14.4 Å². The van der Waals surface area contributed by atoms with E-state index in [2.05, 4.69) is 10.6 Å². The van der Waals surface area contributed by atoms with Gasteiger partial charge in [-0.2, -0.15) is 0 Å². The summed E-state index contributed by atoms with van der Waals surface area (Å²) in [6.45, 7) is 3.37. The van der Waals surface area contributed by atoms with E-state index in [1.165, 1.54) is 7.11 Å². The van der Waals surface area contributed by atoms with Crippen LogP contribution in [0.1, 0.15) is 17.0 Å². The van der Waals surface area contributed by atoms with Crippen molar-refractivity contribution >= 4 is 52.8 Å². The minimum absolute atomic E-state index is 0.0782. The number of halogens is 2. The van der Waals surface area contributed by atoms with Gasteiger partial charge in [0.1, 0.15) is 18.0 Å². The molecule has 1 fully saturated rings. The smallest absolute Gasteiger partial charge is 0.329 e. The predicted molar refractivity (Wildman–Crippen MR) is 135 cm³/mol. The van der Waals surface area contributed by atoms with Crippen LogP contribution in [0.4, 0.5) is 10.5 Å². The zero-order valence-corrected chi connectivity index (χ0v) is 20.7. The first-order valence-corrected chi connectivity index (χ1v) is 11.4. The van der Waals surface area contributed by atoms with Crippen molar-refractivity contribution in [3.63, 3.8) is 0 Å². The van der Waals surface area contributed by atoms with E-state index in [1.54, 1.807) is 42.5 Å². The summed E-state index contributed by atoms with van der Waals surface area (Å²) in [4.78, 5) is 38.8. The third-order valence-electron chi connectivity index (χ3n) is 5.58. The number of aryl methyl sites for hydroxylation is 1. The number of methoxy groups -OCH3 is 1. The molecule has 1 aromatic heterocycles. The van der Waals surface area contributed by atoms with Gasteiger partial charge in [0, 0.05) is 17.1 Å². The number of ether oxygens (including phenoxy) is 1. The third kappa shape index (κ3) is 4.89. The topological polar surface area (TPSA) is 92.7 Å². The predicted octanol–water partition coefficient (Wildman–Crippen LogP) is 4.94. The van der Waals surface area contributed by atoms with Crippen LogP contribution in [0.5, 0.6) is 5.75 Å². The van der Waals surface area contributed by atoms with Gasteiger partial charge in [-0.05, 0) is 61.9 Å². The Bertz CT molecular complexity index is 1380. The van der Waals surface area contributed by atoms with Gasteiger partial charge in [-0.3, -0.25) is 9.59 Å². The van der Waals surface area contributed by atoms with E-state index in [1.807, 2.05) is 30.5 Å². The van der Waals surface area contributed by atoms with Crippen LogP contribution >= 0.6 is 23.2 Å². The van der Waals surface area contributed by atoms with Crippen molar-refractivity contribution in [3.05, 3.63) is 81.2 Å². The van der Waals surface area contributed by atoms with Crippen molar-refractivity contribution < 1.29 is 19.1 Å². The number of para-hydroxylation sites is 2. The van der Waals surface area contributed by atoms with Gasteiger partial charge >= 0.3 is 6.03 Å². The van der Waals surface area contributed by atoms with Gasteiger partial charge in [0.2, 0.25) is 5.91 Å². The molecule has 3 aromatic rings. The van der Waals surface area contributed by atoms with Crippen molar-refractivity contribution in [2.75, 3.05) is 19.0 Å². The molecule has 0 radical (unpaired) electrons. The fourth-order valence-corrected chi connectivity index (χ4v) is 4.20. The lowest BCUT2D eigenvalue weighted by Gasteiger charge is -2.13. The van der Waals surface area contributed by atoms with Crippen LogP contribution in [-0.2, 0) is 9.59 Å². The second-order valence-corrected chi connectivity index (χ2v) is 8.70. The highest BCUT2D eigenvalue weighted by Gasteiger charge is 2.35. The molecule has 10 heteroatoms. The molecule has 180 valence electrons. The summed E-state index contributed by atoms with van der Waals surface area (Å²) in [6, 6.07) is 13.4. The normalized spacial score (nSPS) is 14.4. The van der Waals surface area contributed by atoms with Crippen molar-refractivity contribution in [3.8, 4) is 11.4 Å². The summed E-state index contributed by atoms with van der Waals surface area (Å²) in [6.07, 6.45) is 1.59. The third-order valence-corrected chi connectivity index (χ3v) is 6.32. The van der Waals surface area contributed by atoms with Gasteiger partial charge in [-0.1, -0.05) is 35.3 Å². The zero-order valence-electron chi connectivity index (χ0n) is 19.2. The molecule has 1 saturated heterocycles. The van der Waals surface area contributed by atoms with Gasteiger partial charge in [-0.25, -0.2) is 9.69 Å². The average molecular weight is 513 g/mol. The number of anilines is 1. The van der Waals surface area contributed by atoms with Gasteiger partial charge in [0.15, 0.2) is 0 Å². The lowest BCUT2D eigenvalue weighted by Crippen LogP contribution is -2.38. The van der Waals surface area contributed by atoms with Gasteiger partial charge in [0.05, 0.1) is 22.8 Å². The number of benzene rings is 2. The number of imide groups is 1. The van der Waals surface area contributed by atoms with Crippen LogP contribution in [-0.4, -0.2) is 41.0 Å². The molecule has 0 unspecified atom stereocenters. The molecular formula is C25H22Cl2N4O4. The summed E-state index contributed by atoms with van der Waals surface area (Å²) in [7, 11) is 1.48. The van der Waals surface area contributed by atoms with E-state index in [0.29, 0.717) is 21.5 Å². The summed E-state index contributed by atoms with van der Waals surface area (Å²) in [5, 5.41) is 6.09. The van der Waals surface area contributed by atoms with E-state index in [0.717, 1.165) is 27.5 Å². The molecule has 4 rings (SSSR count). The molecule has 0 atom stereocenters. The number of hydrogen-bond donors (Lipinski definition) is 2. The van der Waals surface area contributed by atoms with E-state index >= 15 is 0 Å². The van der Waals surface area contributed by atoms with E-state index in [-0.39, 0.29) is 5.70 Å². The Kier molecular flexibility index (Phi) is 6.86. The van der Waals surface area contributed by atoms with Crippen molar-refractivity contribution in [1.82, 2.24) is 14.8 Å². The Labute approximate surface area is 212 Å². The first-order valence-electron chi connectivity index (χ1n) is 10.6. The van der Waals surface area contributed by atoms with Gasteiger partial charge in [0.25, 0.3) is 5.91 Å². The monoisotopic (exact) mass is 512 g/mol. The molecule has 1 aliphatic rings. The maximum absolute atomic E-state index is 12.9. The molecule has 1 aliphatic heterocycles. The highest BCUT2D eigenvalue weighted by molar-refractivity contribution is 6.42. The molecule has 2 N–H and O–H groups in total. The fraction of sp³-hybridized carbons (Fsp3) is 0.160. The lowest BCUT2D eigenvalue weighted by atomic mass is 10.2. The maximum atomic E-state index is 12.9. The van der Waals surface area contributed by atoms with Crippen molar-refractivity contribution in [2.45, 2.75) is 13.8 Å². The Morgan fingerprint density at radius 2 is 1.83 bits per heavy atom. The SMILES string of the molecule is COc1ccccc1NC(=O)CN1C(=O)N/C(=C\c2cc(C)n(-c3ccc(Cl)c(Cl)c3)c2C)C1=O. The number of nitrogens with zero attached hydrogens (tertiary/aromatic N) is 2. The minimum atomic E-state index is -0.672. The lowest BCUT2D eigenvalue weighted by molar-refractivity contribution is -0.127. The number of urea groups is 1. The van der Waals surface area contributed by atoms with Crippen LogP contribution in [0.3, 0.4) is 0 Å². The standard InChI is InChI=1S/C25H22Cl2N4O4/c1-14-10-16(15(2)31(14)17-8-9-18(26)19(27)12-17)11-21-24(33)30(25(34)29-21)13-23(32)28-20-6-4-5-7-22(20)35-3/h4-12H,13H2,1-3H3,(H,28,32)(H,29,34)/b21-11-. The van der Waals surface area contributed by atoms with Crippen molar-refractivity contribution in [2.24, 2.45) is 0 Å². The number of aromatic nitrogens is 1. The maximum Gasteiger partial charge on any atom is 0.329 e. The molecule has 2 aromatic carbocycles. The summed E-state index contributed by atoms with van der Waals surface area (Å²) in [5.41, 5.74) is 3.81. The second kappa shape index (κ2) is 9.85. The van der Waals surface area contributed by atoms with Crippen LogP contribution in [0.2, 0.25) is 10.0 Å². The molecule has 0 saturated carbocycles. The highest BCUT2D eigenvalue weighted by Crippen LogP contribution is 2.29. The number of nitrogens with one attached hydrogen (secondary N) is 2. The molecule has 35 heavy (non-hydrogen) atoms. The number of hydrogen-bond acceptors (Lipinski definition) is 4. The fourth-order valence-electron chi connectivity index (χ4n) is 3.91. The molecule has 2 heterocycles. The Hall–Kier alpha value is -3.75. The first kappa shape index (κ1) is 24.4. The van der Waals surface area contributed by atoms with Crippen molar-refractivity contribution in [1.29, 1.82) is 0 Å². The summed E-state index contributed by atoms with van der Waals surface area (Å²) >= 11 is 12.2. The molecule has 8 nitrogen and oxygen atoms in total. The quantitative estimate of drug-likeness (QED) is 0.361.